The predicted octanol–water partition coefficient (Wildman–Crippen LogP) is 5.04. The number of carbonyl (C=O) groups excluding carboxylic acids is 4. The van der Waals surface area contributed by atoms with Gasteiger partial charge < -0.3 is 39.4 Å². The third kappa shape index (κ3) is 8.95. The Balaban J connectivity index is 0.756. The molecule has 5 aliphatic rings. The van der Waals surface area contributed by atoms with Crippen LogP contribution in [-0.4, -0.2) is 125 Å². The van der Waals surface area contributed by atoms with Crippen LogP contribution in [-0.2, 0) is 25.7 Å². The fourth-order valence-corrected chi connectivity index (χ4v) is 10.3. The van der Waals surface area contributed by atoms with E-state index in [1.54, 1.807) is 21.7 Å². The number of halogens is 2. The molecule has 1 aliphatic carbocycles. The first kappa shape index (κ1) is 44.7. The Bertz CT molecular complexity index is 2600. The molecule has 3 N–H and O–H groups in total. The van der Waals surface area contributed by atoms with E-state index >= 15 is 0 Å². The van der Waals surface area contributed by atoms with Crippen molar-refractivity contribution in [1.82, 2.24) is 35.0 Å². The summed E-state index contributed by atoms with van der Waals surface area (Å²) in [4.78, 5) is 80.7. The van der Waals surface area contributed by atoms with E-state index in [2.05, 4.69) is 42.6 Å². The lowest BCUT2D eigenvalue weighted by Gasteiger charge is -2.50. The average Bonchev–Trinajstić information content (AvgIpc) is 3.61. The van der Waals surface area contributed by atoms with Gasteiger partial charge in [0.05, 0.1) is 34.6 Å². The maximum Gasteiger partial charge on any atom is 0.293 e. The second-order valence-electron chi connectivity index (χ2n) is 17.9. The van der Waals surface area contributed by atoms with Crippen LogP contribution in [0.1, 0.15) is 81.3 Å². The summed E-state index contributed by atoms with van der Waals surface area (Å²) in [6.45, 7) is 10.1. The zero-order valence-electron chi connectivity index (χ0n) is 36.9. The van der Waals surface area contributed by atoms with Gasteiger partial charge in [-0.05, 0) is 89.3 Å². The highest BCUT2D eigenvalue weighted by molar-refractivity contribution is 6.35. The molecule has 9 rings (SSSR count). The van der Waals surface area contributed by atoms with Gasteiger partial charge in [-0.15, -0.1) is 0 Å². The molecule has 3 saturated heterocycles. The number of benzene rings is 2. The summed E-state index contributed by atoms with van der Waals surface area (Å²) in [5, 5.41) is 9.87. The highest BCUT2D eigenvalue weighted by atomic mass is 35.5. The highest BCUT2D eigenvalue weighted by Crippen LogP contribution is 2.40. The Kier molecular flexibility index (Phi) is 12.7. The van der Waals surface area contributed by atoms with Crippen molar-refractivity contribution in [3.63, 3.8) is 0 Å². The third-order valence-electron chi connectivity index (χ3n) is 13.4. The number of piperazine rings is 1. The van der Waals surface area contributed by atoms with Crippen LogP contribution >= 0.6 is 23.2 Å². The van der Waals surface area contributed by atoms with Crippen LogP contribution in [0.5, 0.6) is 5.75 Å². The molecule has 1 saturated carbocycles. The summed E-state index contributed by atoms with van der Waals surface area (Å²) in [7, 11) is 1.51. The van der Waals surface area contributed by atoms with Crippen LogP contribution in [0.4, 0.5) is 23.1 Å². The van der Waals surface area contributed by atoms with E-state index in [1.165, 1.54) is 7.05 Å². The van der Waals surface area contributed by atoms with Crippen molar-refractivity contribution in [3.8, 4) is 5.75 Å². The SMILES string of the molecule is CNC(=O)COc1cc2cc(Nc3nc(N4CCC(OC5CC(N6CCN(c7ccc8c(c7Cl)CN(C7CCC(=O)NC7=O)C8=O)[C@@H](C)C6)C5)CC4)ncc3Cl)ccc2n(C(C)C)c1=O. The molecule has 65 heavy (non-hydrogen) atoms. The van der Waals surface area contributed by atoms with E-state index in [0.717, 1.165) is 80.6 Å². The van der Waals surface area contributed by atoms with Gasteiger partial charge in [0, 0.05) is 93.1 Å². The van der Waals surface area contributed by atoms with E-state index in [1.807, 2.05) is 44.2 Å². The molecular formula is C46H54Cl2N10O7. The largest absolute Gasteiger partial charge is 0.478 e. The van der Waals surface area contributed by atoms with Crippen molar-refractivity contribution in [2.24, 2.45) is 0 Å². The van der Waals surface area contributed by atoms with Crippen molar-refractivity contribution in [1.29, 1.82) is 0 Å². The number of piperidine rings is 2. The quantitative estimate of drug-likeness (QED) is 0.161. The van der Waals surface area contributed by atoms with Crippen molar-refractivity contribution in [2.75, 3.05) is 61.5 Å². The van der Waals surface area contributed by atoms with Gasteiger partial charge in [0.2, 0.25) is 17.8 Å². The molecule has 0 spiro atoms. The number of nitrogens with zero attached hydrogens (tertiary/aromatic N) is 7. The molecule has 2 atom stereocenters. The number of likely N-dealkylation sites (N-methyl/N-ethyl adjacent to an activating group) is 1. The molecule has 4 amide bonds. The normalized spacial score (nSPS) is 22.9. The van der Waals surface area contributed by atoms with Gasteiger partial charge in [-0.1, -0.05) is 23.2 Å². The number of rotatable bonds is 12. The number of aromatic nitrogens is 3. The number of carbonyl (C=O) groups is 4. The Labute approximate surface area is 386 Å². The van der Waals surface area contributed by atoms with Crippen molar-refractivity contribution >= 4 is 80.9 Å². The minimum atomic E-state index is -0.680. The molecule has 1 unspecified atom stereocenters. The summed E-state index contributed by atoms with van der Waals surface area (Å²) >= 11 is 13.6. The molecule has 4 aromatic rings. The molecule has 6 heterocycles. The van der Waals surface area contributed by atoms with Crippen LogP contribution < -0.4 is 36.0 Å². The van der Waals surface area contributed by atoms with Gasteiger partial charge in [0.15, 0.2) is 18.2 Å². The van der Waals surface area contributed by atoms with Gasteiger partial charge >= 0.3 is 0 Å². The van der Waals surface area contributed by atoms with Crippen LogP contribution in [0, 0.1) is 0 Å². The smallest absolute Gasteiger partial charge is 0.293 e. The second kappa shape index (κ2) is 18.4. The molecule has 4 fully saturated rings. The maximum absolute atomic E-state index is 13.3. The molecular weight excluding hydrogens is 875 g/mol. The summed E-state index contributed by atoms with van der Waals surface area (Å²) < 4.78 is 13.9. The van der Waals surface area contributed by atoms with Crippen molar-refractivity contribution in [3.05, 3.63) is 74.1 Å². The molecule has 19 heteroatoms. The average molecular weight is 930 g/mol. The van der Waals surface area contributed by atoms with Gasteiger partial charge in [-0.2, -0.15) is 4.98 Å². The Morgan fingerprint density at radius 2 is 1.75 bits per heavy atom. The number of anilines is 4. The lowest BCUT2D eigenvalue weighted by Crippen LogP contribution is -2.59. The Morgan fingerprint density at radius 1 is 0.969 bits per heavy atom. The topological polar surface area (TPSA) is 184 Å². The van der Waals surface area contributed by atoms with E-state index in [-0.39, 0.29) is 72.9 Å². The summed E-state index contributed by atoms with van der Waals surface area (Å²) in [5.41, 5.74) is 3.29. The first-order chi connectivity index (χ1) is 31.3. The van der Waals surface area contributed by atoms with Crippen LogP contribution in [0.25, 0.3) is 10.9 Å². The molecule has 2 aromatic heterocycles. The maximum atomic E-state index is 13.3. The zero-order chi connectivity index (χ0) is 45.7. The van der Waals surface area contributed by atoms with Crippen molar-refractivity contribution in [2.45, 2.75) is 102 Å². The number of imide groups is 1. The number of nitrogens with one attached hydrogen (secondary N) is 3. The van der Waals surface area contributed by atoms with E-state index in [9.17, 15) is 24.0 Å². The molecule has 344 valence electrons. The van der Waals surface area contributed by atoms with Gasteiger partial charge in [-0.25, -0.2) is 4.98 Å². The van der Waals surface area contributed by atoms with Gasteiger partial charge in [0.25, 0.3) is 17.4 Å². The van der Waals surface area contributed by atoms with Gasteiger partial charge in [0.1, 0.15) is 11.1 Å². The Morgan fingerprint density at radius 3 is 2.48 bits per heavy atom. The number of amides is 4. The molecule has 0 bridgehead atoms. The summed E-state index contributed by atoms with van der Waals surface area (Å²) in [5.74, 6) is -0.173. The molecule has 4 aliphatic heterocycles. The van der Waals surface area contributed by atoms with Crippen LogP contribution in [0.3, 0.4) is 0 Å². The van der Waals surface area contributed by atoms with E-state index in [0.29, 0.717) is 45.5 Å². The summed E-state index contributed by atoms with van der Waals surface area (Å²) in [6.07, 6.45) is 6.21. The lowest BCUT2D eigenvalue weighted by molar-refractivity contribution is -0.137. The Hall–Kier alpha value is -5.49. The van der Waals surface area contributed by atoms with Gasteiger partial charge in [-0.3, -0.25) is 34.2 Å². The monoisotopic (exact) mass is 928 g/mol. The summed E-state index contributed by atoms with van der Waals surface area (Å²) in [6, 6.07) is 10.9. The number of ether oxygens (including phenoxy) is 2. The zero-order valence-corrected chi connectivity index (χ0v) is 38.5. The number of hydrogen-bond donors (Lipinski definition) is 3. The second-order valence-corrected chi connectivity index (χ2v) is 18.7. The fourth-order valence-electron chi connectivity index (χ4n) is 9.86. The predicted molar refractivity (Wildman–Crippen MR) is 247 cm³/mol. The number of hydrogen-bond acceptors (Lipinski definition) is 13. The molecule has 2 aromatic carbocycles. The van der Waals surface area contributed by atoms with Crippen LogP contribution in [0.2, 0.25) is 10.0 Å². The fraction of sp³-hybridized carbons (Fsp3) is 0.500. The van der Waals surface area contributed by atoms with E-state index < -0.39 is 11.9 Å². The number of pyridine rings is 1. The minimum absolute atomic E-state index is 0.0900. The number of fused-ring (bicyclic) bond motifs is 2. The first-order valence-corrected chi connectivity index (χ1v) is 23.2. The van der Waals surface area contributed by atoms with E-state index in [4.69, 9.17) is 37.7 Å². The van der Waals surface area contributed by atoms with Crippen LogP contribution in [0.15, 0.2) is 47.4 Å². The minimum Gasteiger partial charge on any atom is -0.478 e. The third-order valence-corrected chi connectivity index (χ3v) is 14.1. The highest BCUT2D eigenvalue weighted by Gasteiger charge is 2.42. The first-order valence-electron chi connectivity index (χ1n) is 22.5. The lowest BCUT2D eigenvalue weighted by atomic mass is 9.86. The molecule has 0 radical (unpaired) electrons. The molecule has 17 nitrogen and oxygen atoms in total. The standard InChI is InChI=1S/C46H54Cl2N10O7/c1-25(2)58-35-7-5-28(17-27(35)18-38(45(58)63)64-24-40(60)49-4)51-42-34(47)21-50-46(53-42)54-13-11-30(12-14-54)65-31-19-29(20-31)55-15-16-56(26(3)22-55)36-8-6-32-33(41(36)48)23-57(44(32)62)37-9-10-39(59)52-43(37)61/h5-8,17-18,21,25-26,29-31,37H,9-16,19-20,22-24H2,1-4H3,(H,49,60)(H,50,51,53)(H,52,59,61)/t26-,29?,31?,37?/m0/s1. The van der Waals surface area contributed by atoms with Crippen molar-refractivity contribution < 1.29 is 28.7 Å².